The Morgan fingerprint density at radius 2 is 1.17 bits per heavy atom. The molecule has 0 N–H and O–H groups in total. The Morgan fingerprint density at radius 3 is 1.50 bits per heavy atom. The van der Waals surface area contributed by atoms with E-state index >= 15 is 0 Å². The maximum atomic E-state index is 6.84. The molecule has 0 aliphatic carbocycles. The highest BCUT2D eigenvalue weighted by Gasteiger charge is 2.42. The first-order valence-corrected chi connectivity index (χ1v) is 15.6. The maximum Gasteiger partial charge on any atom is 0.192 e. The molecule has 0 unspecified atom stereocenters. The van der Waals surface area contributed by atoms with Crippen molar-refractivity contribution in [3.05, 3.63) is 0 Å². The molecule has 24 heavy (non-hydrogen) atoms. The third-order valence-corrected chi connectivity index (χ3v) is 15.5. The first kappa shape index (κ1) is 24.4. The van der Waals surface area contributed by atoms with Crippen molar-refractivity contribution in [2.75, 3.05) is 6.61 Å². The molecule has 146 valence electrons. The molecule has 0 spiro atoms. The second kappa shape index (κ2) is 8.36. The van der Waals surface area contributed by atoms with Crippen LogP contribution in [0.2, 0.25) is 36.3 Å². The summed E-state index contributed by atoms with van der Waals surface area (Å²) in [7, 11) is -3.46. The molecular weight excluding hydrogens is 328 g/mol. The molecule has 0 aliphatic heterocycles. The summed E-state index contributed by atoms with van der Waals surface area (Å²) in [4.78, 5) is 0. The Balaban J connectivity index is 5.15. The maximum absolute atomic E-state index is 6.84. The minimum atomic E-state index is -1.77. The Bertz CT molecular complexity index is 378. The molecule has 2 nitrogen and oxygen atoms in total. The SMILES string of the molecule is CC[C@@H](C)[C@H](O[Si](C)(C)C(C)(C)C)[C@H](C)CO[Si](C)(C)C(C)(C)C. The third kappa shape index (κ3) is 6.58. The van der Waals surface area contributed by atoms with Gasteiger partial charge in [0.25, 0.3) is 0 Å². The molecule has 0 rings (SSSR count). The monoisotopic (exact) mass is 374 g/mol. The zero-order valence-electron chi connectivity index (χ0n) is 19.0. The predicted molar refractivity (Wildman–Crippen MR) is 114 cm³/mol. The normalized spacial score (nSPS) is 18.4. The molecule has 4 heteroatoms. The molecule has 0 radical (unpaired) electrons. The molecule has 0 aromatic heterocycles. The van der Waals surface area contributed by atoms with Crippen molar-refractivity contribution in [2.24, 2.45) is 11.8 Å². The quantitative estimate of drug-likeness (QED) is 0.422. The van der Waals surface area contributed by atoms with Gasteiger partial charge in [-0.15, -0.1) is 0 Å². The Morgan fingerprint density at radius 1 is 0.750 bits per heavy atom. The number of rotatable bonds is 8. The summed E-state index contributed by atoms with van der Waals surface area (Å²) in [6, 6.07) is 0. The highest BCUT2D eigenvalue weighted by atomic mass is 28.4. The van der Waals surface area contributed by atoms with Gasteiger partial charge in [0.2, 0.25) is 0 Å². The Kier molecular flexibility index (Phi) is 8.49. The summed E-state index contributed by atoms with van der Waals surface area (Å²) in [6.45, 7) is 31.0. The van der Waals surface area contributed by atoms with E-state index in [-0.39, 0.29) is 10.1 Å². The van der Waals surface area contributed by atoms with Crippen molar-refractivity contribution in [2.45, 2.75) is 111 Å². The average molecular weight is 375 g/mol. The van der Waals surface area contributed by atoms with Gasteiger partial charge in [-0.05, 0) is 42.2 Å². The van der Waals surface area contributed by atoms with Crippen LogP contribution in [0.1, 0.15) is 68.7 Å². The minimum absolute atomic E-state index is 0.249. The van der Waals surface area contributed by atoms with Crippen molar-refractivity contribution >= 4 is 16.6 Å². The molecule has 0 aromatic carbocycles. The van der Waals surface area contributed by atoms with Crippen molar-refractivity contribution in [3.63, 3.8) is 0 Å². The van der Waals surface area contributed by atoms with Gasteiger partial charge in [-0.1, -0.05) is 68.7 Å². The topological polar surface area (TPSA) is 18.5 Å². The lowest BCUT2D eigenvalue weighted by Crippen LogP contribution is -2.49. The standard InChI is InChI=1S/C20H46O2Si2/c1-14-16(2)18(22-24(12,13)20(7,8)9)17(3)15-21-23(10,11)19(4,5)6/h16-18H,14-15H2,1-13H3/t16-,17-,18+/m1/s1. The molecular formula is C20H46O2Si2. The zero-order chi connectivity index (χ0) is 19.6. The van der Waals surface area contributed by atoms with Crippen LogP contribution in [0.25, 0.3) is 0 Å². The zero-order valence-corrected chi connectivity index (χ0v) is 21.0. The van der Waals surface area contributed by atoms with Crippen LogP contribution in [-0.2, 0) is 8.85 Å². The Hall–Kier alpha value is 0.354. The van der Waals surface area contributed by atoms with Crippen LogP contribution in [0.15, 0.2) is 0 Å². The van der Waals surface area contributed by atoms with Crippen molar-refractivity contribution < 1.29 is 8.85 Å². The van der Waals surface area contributed by atoms with E-state index in [1.165, 1.54) is 0 Å². The lowest BCUT2D eigenvalue weighted by molar-refractivity contribution is 0.0470. The molecule has 0 amide bonds. The van der Waals surface area contributed by atoms with E-state index in [9.17, 15) is 0 Å². The number of hydrogen-bond donors (Lipinski definition) is 0. The summed E-state index contributed by atoms with van der Waals surface area (Å²) in [6.07, 6.45) is 1.45. The summed E-state index contributed by atoms with van der Waals surface area (Å²) in [5, 5.41) is 0.512. The lowest BCUT2D eigenvalue weighted by atomic mass is 9.92. The fourth-order valence-electron chi connectivity index (χ4n) is 2.19. The highest BCUT2D eigenvalue weighted by molar-refractivity contribution is 6.74. The first-order valence-electron chi connectivity index (χ1n) is 9.78. The van der Waals surface area contributed by atoms with Crippen LogP contribution < -0.4 is 0 Å². The highest BCUT2D eigenvalue weighted by Crippen LogP contribution is 2.40. The van der Waals surface area contributed by atoms with E-state index in [1.807, 2.05) is 0 Å². The second-order valence-corrected chi connectivity index (χ2v) is 20.3. The fraction of sp³-hybridized carbons (Fsp3) is 1.00. The van der Waals surface area contributed by atoms with Crippen LogP contribution in [0.3, 0.4) is 0 Å². The van der Waals surface area contributed by atoms with Gasteiger partial charge in [0, 0.05) is 12.5 Å². The lowest BCUT2D eigenvalue weighted by Gasteiger charge is -2.44. The summed E-state index contributed by atoms with van der Waals surface area (Å²) in [5.41, 5.74) is 0. The molecule has 0 aliphatic rings. The largest absolute Gasteiger partial charge is 0.416 e. The van der Waals surface area contributed by atoms with Gasteiger partial charge >= 0.3 is 0 Å². The summed E-state index contributed by atoms with van der Waals surface area (Å²) < 4.78 is 13.3. The molecule has 0 fully saturated rings. The van der Waals surface area contributed by atoms with E-state index in [0.29, 0.717) is 17.9 Å². The van der Waals surface area contributed by atoms with Gasteiger partial charge in [0.1, 0.15) is 0 Å². The minimum Gasteiger partial charge on any atom is -0.416 e. The van der Waals surface area contributed by atoms with Gasteiger partial charge in [-0.2, -0.15) is 0 Å². The van der Waals surface area contributed by atoms with Gasteiger partial charge < -0.3 is 8.85 Å². The van der Waals surface area contributed by atoms with Gasteiger partial charge in [0.05, 0.1) is 6.10 Å². The predicted octanol–water partition coefficient (Wildman–Crippen LogP) is 7.08. The van der Waals surface area contributed by atoms with E-state index in [2.05, 4.69) is 88.5 Å². The van der Waals surface area contributed by atoms with Crippen molar-refractivity contribution in [1.82, 2.24) is 0 Å². The first-order chi connectivity index (χ1) is 10.5. The van der Waals surface area contributed by atoms with Crippen LogP contribution in [0.5, 0.6) is 0 Å². The number of hydrogen-bond acceptors (Lipinski definition) is 2. The van der Waals surface area contributed by atoms with Crippen LogP contribution >= 0.6 is 0 Å². The van der Waals surface area contributed by atoms with E-state index in [1.54, 1.807) is 0 Å². The summed E-state index contributed by atoms with van der Waals surface area (Å²) >= 11 is 0. The summed E-state index contributed by atoms with van der Waals surface area (Å²) in [5.74, 6) is 1.00. The molecule has 3 atom stereocenters. The second-order valence-electron chi connectivity index (χ2n) is 10.8. The average Bonchev–Trinajstić information content (AvgIpc) is 2.38. The van der Waals surface area contributed by atoms with E-state index in [4.69, 9.17) is 8.85 Å². The fourth-order valence-corrected chi connectivity index (χ4v) is 4.80. The van der Waals surface area contributed by atoms with E-state index in [0.717, 1.165) is 13.0 Å². The molecule has 0 saturated carbocycles. The Labute approximate surface area is 155 Å². The van der Waals surface area contributed by atoms with Crippen molar-refractivity contribution in [1.29, 1.82) is 0 Å². The molecule has 0 aromatic rings. The smallest absolute Gasteiger partial charge is 0.192 e. The van der Waals surface area contributed by atoms with E-state index < -0.39 is 16.6 Å². The molecule has 0 saturated heterocycles. The third-order valence-electron chi connectivity index (χ3n) is 6.52. The van der Waals surface area contributed by atoms with Gasteiger partial charge in [-0.3, -0.25) is 0 Å². The van der Waals surface area contributed by atoms with Crippen LogP contribution in [0.4, 0.5) is 0 Å². The van der Waals surface area contributed by atoms with Gasteiger partial charge in [0.15, 0.2) is 16.6 Å². The van der Waals surface area contributed by atoms with Crippen LogP contribution in [-0.4, -0.2) is 29.3 Å². The van der Waals surface area contributed by atoms with Gasteiger partial charge in [-0.25, -0.2) is 0 Å². The molecule has 0 heterocycles. The van der Waals surface area contributed by atoms with Crippen molar-refractivity contribution in [3.8, 4) is 0 Å². The van der Waals surface area contributed by atoms with Crippen LogP contribution in [0, 0.1) is 11.8 Å². The molecule has 0 bridgehead atoms.